The first-order valence-corrected chi connectivity index (χ1v) is 5.42. The van der Waals surface area contributed by atoms with Gasteiger partial charge in [0.05, 0.1) is 12.5 Å². The highest BCUT2D eigenvalue weighted by Gasteiger charge is 2.19. The third-order valence-electron chi connectivity index (χ3n) is 2.61. The average molecular weight is 244 g/mol. The van der Waals surface area contributed by atoms with Gasteiger partial charge in [-0.1, -0.05) is 0 Å². The number of piperidine rings is 1. The molecule has 1 saturated heterocycles. The first kappa shape index (κ1) is 9.21. The number of likely N-dealkylation sites (N-methyl/N-ethyl adjacent to an activating group) is 1. The summed E-state index contributed by atoms with van der Waals surface area (Å²) in [5, 5.41) is 0. The Labute approximate surface area is 86.9 Å². The van der Waals surface area contributed by atoms with E-state index in [1.54, 1.807) is 0 Å². The van der Waals surface area contributed by atoms with Gasteiger partial charge in [0.15, 0.2) is 0 Å². The topological polar surface area (TPSA) is 21.1 Å². The summed E-state index contributed by atoms with van der Waals surface area (Å²) in [6.07, 6.45) is 6.31. The van der Waals surface area contributed by atoms with Gasteiger partial charge in [0.2, 0.25) is 0 Å². The van der Waals surface area contributed by atoms with Gasteiger partial charge in [-0.3, -0.25) is 0 Å². The fraction of sp³-hybridized carbons (Fsp3) is 0.667. The highest BCUT2D eigenvalue weighted by atomic mass is 79.9. The zero-order valence-electron chi connectivity index (χ0n) is 7.78. The molecule has 1 aliphatic heterocycles. The minimum absolute atomic E-state index is 0.593. The number of aromatic nitrogens is 2. The molecule has 1 fully saturated rings. The first-order valence-electron chi connectivity index (χ1n) is 4.63. The smallest absolute Gasteiger partial charge is 0.105 e. The predicted molar refractivity (Wildman–Crippen MR) is 55.7 cm³/mol. The molecule has 0 N–H and O–H groups in total. The molecule has 3 nitrogen and oxygen atoms in total. The van der Waals surface area contributed by atoms with Gasteiger partial charge < -0.3 is 9.47 Å². The summed E-state index contributed by atoms with van der Waals surface area (Å²) >= 11 is 3.50. The van der Waals surface area contributed by atoms with E-state index in [4.69, 9.17) is 0 Å². The Bertz CT molecular complexity index is 284. The Morgan fingerprint density at radius 1 is 1.62 bits per heavy atom. The third kappa shape index (κ3) is 1.94. The van der Waals surface area contributed by atoms with Gasteiger partial charge in [0.25, 0.3) is 0 Å². The lowest BCUT2D eigenvalue weighted by molar-refractivity contribution is 0.210. The summed E-state index contributed by atoms with van der Waals surface area (Å²) in [5.41, 5.74) is 0. The van der Waals surface area contributed by atoms with Gasteiger partial charge in [-0.25, -0.2) is 4.98 Å². The molecule has 0 radical (unpaired) electrons. The van der Waals surface area contributed by atoms with E-state index >= 15 is 0 Å². The summed E-state index contributed by atoms with van der Waals surface area (Å²) in [5.74, 6) is 0. The average Bonchev–Trinajstić information content (AvgIpc) is 2.51. The van der Waals surface area contributed by atoms with Gasteiger partial charge >= 0.3 is 0 Å². The van der Waals surface area contributed by atoms with Crippen molar-refractivity contribution in [1.29, 1.82) is 0 Å². The maximum atomic E-state index is 4.12. The zero-order valence-corrected chi connectivity index (χ0v) is 9.37. The second kappa shape index (κ2) is 3.80. The van der Waals surface area contributed by atoms with Crippen molar-refractivity contribution in [2.75, 3.05) is 20.1 Å². The second-order valence-corrected chi connectivity index (χ2v) is 4.49. The molecule has 72 valence electrons. The molecule has 0 bridgehead atoms. The first-order chi connectivity index (χ1) is 6.27. The number of hydrogen-bond acceptors (Lipinski definition) is 2. The molecule has 0 spiro atoms. The Kier molecular flexibility index (Phi) is 2.69. The van der Waals surface area contributed by atoms with E-state index in [1.165, 1.54) is 19.4 Å². The number of rotatable bonds is 1. The predicted octanol–water partition coefficient (Wildman–Crippen LogP) is 1.91. The van der Waals surface area contributed by atoms with E-state index < -0.39 is 0 Å². The largest absolute Gasteiger partial charge is 0.321 e. The van der Waals surface area contributed by atoms with E-state index in [9.17, 15) is 0 Å². The van der Waals surface area contributed by atoms with Gasteiger partial charge in [0, 0.05) is 12.6 Å². The summed E-state index contributed by atoms with van der Waals surface area (Å²) in [6, 6.07) is 0.593. The Morgan fingerprint density at radius 3 is 3.08 bits per heavy atom. The van der Waals surface area contributed by atoms with E-state index in [0.29, 0.717) is 6.04 Å². The molecule has 1 aromatic heterocycles. The third-order valence-corrected chi connectivity index (χ3v) is 3.23. The minimum atomic E-state index is 0.593. The van der Waals surface area contributed by atoms with Crippen LogP contribution in [0.2, 0.25) is 0 Å². The van der Waals surface area contributed by atoms with Crippen LogP contribution in [0.4, 0.5) is 0 Å². The van der Waals surface area contributed by atoms with Crippen LogP contribution >= 0.6 is 15.9 Å². The molecule has 0 saturated carbocycles. The van der Waals surface area contributed by atoms with Gasteiger partial charge in [0.1, 0.15) is 4.60 Å². The molecule has 2 heterocycles. The number of likely N-dealkylation sites (tertiary alicyclic amines) is 1. The molecule has 1 aromatic rings. The molecular weight excluding hydrogens is 230 g/mol. The van der Waals surface area contributed by atoms with Crippen molar-refractivity contribution >= 4 is 15.9 Å². The number of hydrogen-bond donors (Lipinski definition) is 0. The van der Waals surface area contributed by atoms with Crippen molar-refractivity contribution in [3.63, 3.8) is 0 Å². The summed E-state index contributed by atoms with van der Waals surface area (Å²) < 4.78 is 3.31. The van der Waals surface area contributed by atoms with Crippen molar-refractivity contribution in [2.45, 2.75) is 18.9 Å². The Balaban J connectivity index is 2.12. The van der Waals surface area contributed by atoms with Crippen molar-refractivity contribution in [3.05, 3.63) is 17.1 Å². The Morgan fingerprint density at radius 2 is 2.46 bits per heavy atom. The lowest BCUT2D eigenvalue weighted by Crippen LogP contribution is -2.33. The van der Waals surface area contributed by atoms with Crippen LogP contribution in [0.1, 0.15) is 18.9 Å². The van der Waals surface area contributed by atoms with Crippen molar-refractivity contribution in [3.8, 4) is 0 Å². The molecule has 2 rings (SSSR count). The highest BCUT2D eigenvalue weighted by Crippen LogP contribution is 2.23. The van der Waals surface area contributed by atoms with Crippen molar-refractivity contribution in [2.24, 2.45) is 0 Å². The van der Waals surface area contributed by atoms with Crippen LogP contribution in [0.5, 0.6) is 0 Å². The summed E-state index contributed by atoms with van der Waals surface area (Å²) in [6.45, 7) is 2.36. The molecule has 1 aliphatic rings. The molecule has 0 aliphatic carbocycles. The maximum Gasteiger partial charge on any atom is 0.105 e. The van der Waals surface area contributed by atoms with Crippen molar-refractivity contribution < 1.29 is 0 Å². The molecule has 0 aromatic carbocycles. The van der Waals surface area contributed by atoms with Crippen LogP contribution in [0, 0.1) is 0 Å². The number of halogens is 1. The van der Waals surface area contributed by atoms with Gasteiger partial charge in [-0.05, 0) is 42.4 Å². The zero-order chi connectivity index (χ0) is 9.26. The molecular formula is C9H14BrN3. The van der Waals surface area contributed by atoms with Gasteiger partial charge in [-0.15, -0.1) is 0 Å². The van der Waals surface area contributed by atoms with E-state index in [-0.39, 0.29) is 0 Å². The summed E-state index contributed by atoms with van der Waals surface area (Å²) in [7, 11) is 2.18. The Hall–Kier alpha value is -0.350. The quantitative estimate of drug-likeness (QED) is 0.752. The van der Waals surface area contributed by atoms with E-state index in [0.717, 1.165) is 11.1 Å². The number of nitrogens with zero attached hydrogens (tertiary/aromatic N) is 3. The molecule has 13 heavy (non-hydrogen) atoms. The van der Waals surface area contributed by atoms with E-state index in [2.05, 4.69) is 37.4 Å². The SMILES string of the molecule is CN1CCCC(n2cncc2Br)C1. The van der Waals surface area contributed by atoms with Crippen LogP contribution in [0.25, 0.3) is 0 Å². The fourth-order valence-corrected chi connectivity index (χ4v) is 2.42. The monoisotopic (exact) mass is 243 g/mol. The molecule has 1 atom stereocenters. The molecule has 0 amide bonds. The lowest BCUT2D eigenvalue weighted by atomic mass is 10.1. The van der Waals surface area contributed by atoms with Crippen LogP contribution in [-0.2, 0) is 0 Å². The maximum absolute atomic E-state index is 4.12. The lowest BCUT2D eigenvalue weighted by Gasteiger charge is -2.30. The molecule has 1 unspecified atom stereocenters. The van der Waals surface area contributed by atoms with Crippen LogP contribution in [0.3, 0.4) is 0 Å². The normalized spacial score (nSPS) is 24.9. The van der Waals surface area contributed by atoms with Crippen LogP contribution < -0.4 is 0 Å². The summed E-state index contributed by atoms with van der Waals surface area (Å²) in [4.78, 5) is 6.50. The van der Waals surface area contributed by atoms with E-state index in [1.807, 2.05) is 12.5 Å². The van der Waals surface area contributed by atoms with Gasteiger partial charge in [-0.2, -0.15) is 0 Å². The van der Waals surface area contributed by atoms with Crippen LogP contribution in [-0.4, -0.2) is 34.6 Å². The van der Waals surface area contributed by atoms with Crippen molar-refractivity contribution in [1.82, 2.24) is 14.5 Å². The highest BCUT2D eigenvalue weighted by molar-refractivity contribution is 9.10. The minimum Gasteiger partial charge on any atom is -0.321 e. The fourth-order valence-electron chi connectivity index (χ4n) is 1.92. The van der Waals surface area contributed by atoms with Crippen LogP contribution in [0.15, 0.2) is 17.1 Å². The second-order valence-electron chi connectivity index (χ2n) is 3.68. The standard InChI is InChI=1S/C9H14BrN3/c1-12-4-2-3-8(6-12)13-7-11-5-9(13)10/h5,7-8H,2-4,6H2,1H3. The number of imidazole rings is 1. The molecule has 4 heteroatoms.